The number of carbonyl (C=O) groups is 1. The first kappa shape index (κ1) is 18.9. The third-order valence-corrected chi connectivity index (χ3v) is 7.27. The Morgan fingerprint density at radius 3 is 2.58 bits per heavy atom. The van der Waals surface area contributed by atoms with Crippen LogP contribution in [0.25, 0.3) is 0 Å². The van der Waals surface area contributed by atoms with Crippen LogP contribution >= 0.6 is 11.3 Å². The maximum absolute atomic E-state index is 12.9. The monoisotopic (exact) mass is 392 g/mol. The zero-order valence-electron chi connectivity index (χ0n) is 15.2. The van der Waals surface area contributed by atoms with Crippen LogP contribution in [0.4, 0.5) is 5.69 Å². The smallest absolute Gasteiger partial charge is 0.251 e. The summed E-state index contributed by atoms with van der Waals surface area (Å²) >= 11 is 1.62. The molecule has 1 aromatic heterocycles. The Hall–Kier alpha value is -1.86. The van der Waals surface area contributed by atoms with Crippen molar-refractivity contribution in [3.63, 3.8) is 0 Å². The number of hydrogen-bond donors (Lipinski definition) is 1. The molecule has 1 N–H and O–H groups in total. The van der Waals surface area contributed by atoms with Gasteiger partial charge < -0.3 is 5.32 Å². The van der Waals surface area contributed by atoms with Crippen LogP contribution in [0.1, 0.15) is 48.5 Å². The number of anilines is 1. The van der Waals surface area contributed by atoms with E-state index in [1.54, 1.807) is 35.6 Å². The minimum Gasteiger partial charge on any atom is -0.344 e. The van der Waals surface area contributed by atoms with Gasteiger partial charge in [-0.15, -0.1) is 11.3 Å². The van der Waals surface area contributed by atoms with Crippen LogP contribution in [0.2, 0.25) is 0 Å². The molecule has 140 valence electrons. The van der Waals surface area contributed by atoms with Gasteiger partial charge in [0.05, 0.1) is 17.5 Å². The van der Waals surface area contributed by atoms with Crippen molar-refractivity contribution in [1.82, 2.24) is 5.32 Å². The lowest BCUT2D eigenvalue weighted by Crippen LogP contribution is -2.36. The molecule has 0 saturated carbocycles. The Morgan fingerprint density at radius 1 is 1.23 bits per heavy atom. The molecule has 0 radical (unpaired) electrons. The molecule has 2 heterocycles. The highest BCUT2D eigenvalue weighted by Crippen LogP contribution is 2.35. The molecular formula is C19H24N2O3S2. The molecule has 5 nitrogen and oxygen atoms in total. The number of nitrogens with zero attached hydrogens (tertiary/aromatic N) is 1. The van der Waals surface area contributed by atoms with Crippen LogP contribution in [-0.2, 0) is 10.0 Å². The maximum Gasteiger partial charge on any atom is 0.251 e. The van der Waals surface area contributed by atoms with Gasteiger partial charge in [0.15, 0.2) is 0 Å². The molecule has 1 unspecified atom stereocenters. The van der Waals surface area contributed by atoms with E-state index < -0.39 is 10.0 Å². The highest BCUT2D eigenvalue weighted by Gasteiger charge is 2.31. The van der Waals surface area contributed by atoms with Gasteiger partial charge in [-0.3, -0.25) is 9.10 Å². The largest absolute Gasteiger partial charge is 0.344 e. The van der Waals surface area contributed by atoms with Gasteiger partial charge in [-0.25, -0.2) is 8.42 Å². The first-order chi connectivity index (χ1) is 12.2. The fourth-order valence-electron chi connectivity index (χ4n) is 3.12. The van der Waals surface area contributed by atoms with Crippen molar-refractivity contribution in [2.24, 2.45) is 5.41 Å². The minimum atomic E-state index is -3.26. The van der Waals surface area contributed by atoms with E-state index in [0.29, 0.717) is 24.2 Å². The molecule has 0 spiro atoms. The number of benzene rings is 1. The Balaban J connectivity index is 1.85. The highest BCUT2D eigenvalue weighted by molar-refractivity contribution is 7.93. The van der Waals surface area contributed by atoms with Crippen LogP contribution in [0, 0.1) is 5.41 Å². The van der Waals surface area contributed by atoms with E-state index in [4.69, 9.17) is 0 Å². The Bertz CT molecular complexity index is 884. The van der Waals surface area contributed by atoms with Gasteiger partial charge in [0.2, 0.25) is 10.0 Å². The van der Waals surface area contributed by atoms with Crippen molar-refractivity contribution in [3.05, 3.63) is 52.2 Å². The third kappa shape index (κ3) is 3.94. The van der Waals surface area contributed by atoms with E-state index in [2.05, 4.69) is 26.1 Å². The molecule has 1 aliphatic heterocycles. The van der Waals surface area contributed by atoms with Gasteiger partial charge >= 0.3 is 0 Å². The average molecular weight is 393 g/mol. The number of carbonyl (C=O) groups excluding carboxylic acids is 1. The summed E-state index contributed by atoms with van der Waals surface area (Å²) < 4.78 is 25.7. The SMILES string of the molecule is CC(C)(C)C(NC(=O)c1cccc(N2CCCS2(=O)=O)c1)c1cccs1. The van der Waals surface area contributed by atoms with E-state index in [1.165, 1.54) is 4.31 Å². The van der Waals surface area contributed by atoms with Crippen LogP contribution < -0.4 is 9.62 Å². The predicted molar refractivity (Wildman–Crippen MR) is 106 cm³/mol. The van der Waals surface area contributed by atoms with Gasteiger partial charge in [-0.1, -0.05) is 32.9 Å². The zero-order chi connectivity index (χ0) is 18.9. The standard InChI is InChI=1S/C19H24N2O3S2/c1-19(2,3)17(16-9-5-11-25-16)20-18(22)14-7-4-8-15(13-14)21-10-6-12-26(21,23)24/h4-5,7-9,11,13,17H,6,10,12H2,1-3H3,(H,20,22). The van der Waals surface area contributed by atoms with Crippen LogP contribution in [0.5, 0.6) is 0 Å². The lowest BCUT2D eigenvalue weighted by Gasteiger charge is -2.31. The molecule has 1 fully saturated rings. The molecule has 1 aliphatic rings. The molecule has 1 aromatic carbocycles. The summed E-state index contributed by atoms with van der Waals surface area (Å²) in [5, 5.41) is 5.12. The second-order valence-electron chi connectivity index (χ2n) is 7.58. The summed E-state index contributed by atoms with van der Waals surface area (Å²) in [6, 6.07) is 10.7. The fraction of sp³-hybridized carbons (Fsp3) is 0.421. The number of nitrogens with one attached hydrogen (secondary N) is 1. The molecule has 26 heavy (non-hydrogen) atoms. The molecule has 0 aliphatic carbocycles. The zero-order valence-corrected chi connectivity index (χ0v) is 16.9. The summed E-state index contributed by atoms with van der Waals surface area (Å²) in [5.41, 5.74) is 0.880. The Labute approximate surface area is 159 Å². The van der Waals surface area contributed by atoms with Crippen LogP contribution in [0.3, 0.4) is 0 Å². The number of thiophene rings is 1. The van der Waals surface area contributed by atoms with Crippen LogP contribution in [0.15, 0.2) is 41.8 Å². The number of sulfonamides is 1. The third-order valence-electron chi connectivity index (χ3n) is 4.46. The maximum atomic E-state index is 12.9. The van der Waals surface area contributed by atoms with Gasteiger partial charge in [-0.2, -0.15) is 0 Å². The van der Waals surface area contributed by atoms with Gasteiger partial charge in [0.1, 0.15) is 0 Å². The van der Waals surface area contributed by atoms with E-state index in [0.717, 1.165) is 4.88 Å². The first-order valence-electron chi connectivity index (χ1n) is 8.63. The summed E-state index contributed by atoms with van der Waals surface area (Å²) in [4.78, 5) is 14.0. The Kier molecular flexibility index (Phi) is 5.12. The number of rotatable bonds is 4. The number of amides is 1. The van der Waals surface area contributed by atoms with Crippen molar-refractivity contribution in [2.45, 2.75) is 33.2 Å². The Morgan fingerprint density at radius 2 is 2.00 bits per heavy atom. The van der Waals surface area contributed by atoms with Crippen molar-refractivity contribution in [3.8, 4) is 0 Å². The van der Waals surface area contributed by atoms with E-state index in [9.17, 15) is 13.2 Å². The minimum absolute atomic E-state index is 0.117. The van der Waals surface area contributed by atoms with Crippen molar-refractivity contribution in [1.29, 1.82) is 0 Å². The lowest BCUT2D eigenvalue weighted by molar-refractivity contribution is 0.0903. The lowest BCUT2D eigenvalue weighted by atomic mass is 9.85. The van der Waals surface area contributed by atoms with E-state index >= 15 is 0 Å². The van der Waals surface area contributed by atoms with Gasteiger partial charge in [-0.05, 0) is 41.5 Å². The molecule has 2 aromatic rings. The molecule has 3 rings (SSSR count). The topological polar surface area (TPSA) is 66.5 Å². The second kappa shape index (κ2) is 7.04. The molecule has 1 atom stereocenters. The van der Waals surface area contributed by atoms with Crippen molar-refractivity contribution in [2.75, 3.05) is 16.6 Å². The van der Waals surface area contributed by atoms with E-state index in [1.807, 2.05) is 17.5 Å². The average Bonchev–Trinajstić information content (AvgIpc) is 3.20. The molecule has 1 saturated heterocycles. The normalized spacial score (nSPS) is 17.9. The molecule has 1 amide bonds. The fourth-order valence-corrected chi connectivity index (χ4v) is 5.69. The first-order valence-corrected chi connectivity index (χ1v) is 11.1. The summed E-state index contributed by atoms with van der Waals surface area (Å²) in [7, 11) is -3.26. The van der Waals surface area contributed by atoms with Gasteiger partial charge in [0.25, 0.3) is 5.91 Å². The summed E-state index contributed by atoms with van der Waals surface area (Å²) in [5.74, 6) is -0.0368. The predicted octanol–water partition coefficient (Wildman–Crippen LogP) is 3.81. The quantitative estimate of drug-likeness (QED) is 0.860. The highest BCUT2D eigenvalue weighted by atomic mass is 32.2. The van der Waals surface area contributed by atoms with Crippen molar-refractivity contribution < 1.29 is 13.2 Å². The summed E-state index contributed by atoms with van der Waals surface area (Å²) in [6.45, 7) is 6.73. The van der Waals surface area contributed by atoms with E-state index in [-0.39, 0.29) is 23.1 Å². The van der Waals surface area contributed by atoms with Crippen LogP contribution in [-0.4, -0.2) is 26.6 Å². The molecular weight excluding hydrogens is 368 g/mol. The van der Waals surface area contributed by atoms with Gasteiger partial charge in [0, 0.05) is 17.0 Å². The van der Waals surface area contributed by atoms with Crippen molar-refractivity contribution >= 4 is 33.0 Å². The molecule has 0 bridgehead atoms. The molecule has 7 heteroatoms. The number of hydrogen-bond acceptors (Lipinski definition) is 4. The second-order valence-corrected chi connectivity index (χ2v) is 10.6. The summed E-state index contributed by atoms with van der Waals surface area (Å²) in [6.07, 6.45) is 0.614.